The fourth-order valence-electron chi connectivity index (χ4n) is 3.34. The quantitative estimate of drug-likeness (QED) is 0.0801. The Morgan fingerprint density at radius 2 is 0.735 bits per heavy atom. The molecule has 1 aromatic rings. The molecule has 284 valence electrons. The summed E-state index contributed by atoms with van der Waals surface area (Å²) in [6, 6.07) is 0. The number of primary amides is 1. The molecule has 1 heterocycles. The van der Waals surface area contributed by atoms with Crippen LogP contribution in [0.25, 0.3) is 0 Å². The van der Waals surface area contributed by atoms with Gasteiger partial charge in [-0.2, -0.15) is 0 Å². The molecule has 0 atom stereocenters. The topological polar surface area (TPSA) is 209 Å². The summed E-state index contributed by atoms with van der Waals surface area (Å²) in [6.45, 7) is 11.4. The first kappa shape index (κ1) is 44.6. The van der Waals surface area contributed by atoms with Gasteiger partial charge in [0.1, 0.15) is 11.4 Å². The van der Waals surface area contributed by atoms with Gasteiger partial charge in [0.15, 0.2) is 0 Å². The first-order valence-corrected chi connectivity index (χ1v) is 16.4. The lowest BCUT2D eigenvalue weighted by Crippen LogP contribution is -2.28. The predicted octanol–water partition coefficient (Wildman–Crippen LogP) is -0.866. The SMILES string of the molecule is COCCOCCOCCOCCOCCOCCOCCOCCOCCOCCOCCOCCNC(=O)c1cnc(C(N)=O)cn1. The van der Waals surface area contributed by atoms with Crippen LogP contribution in [0.1, 0.15) is 21.0 Å². The molecular weight excluding hydrogens is 652 g/mol. The number of nitrogens with one attached hydrogen (secondary N) is 1. The zero-order chi connectivity index (χ0) is 35.3. The summed E-state index contributed by atoms with van der Waals surface area (Å²) in [6.07, 6.45) is 2.34. The number of rotatable bonds is 38. The predicted molar refractivity (Wildman–Crippen MR) is 174 cm³/mol. The molecule has 0 aliphatic heterocycles. The molecule has 0 fully saturated rings. The number of aromatic nitrogens is 2. The highest BCUT2D eigenvalue weighted by atomic mass is 16.6. The highest BCUT2D eigenvalue weighted by Crippen LogP contribution is 1.95. The van der Waals surface area contributed by atoms with E-state index in [9.17, 15) is 9.59 Å². The molecule has 0 aromatic carbocycles. The average molecular weight is 709 g/mol. The molecule has 0 saturated heterocycles. The van der Waals surface area contributed by atoms with Gasteiger partial charge >= 0.3 is 0 Å². The van der Waals surface area contributed by atoms with Crippen LogP contribution >= 0.6 is 0 Å². The third kappa shape index (κ3) is 30.1. The molecule has 3 N–H and O–H groups in total. The van der Waals surface area contributed by atoms with E-state index in [1.165, 1.54) is 6.20 Å². The lowest BCUT2D eigenvalue weighted by atomic mass is 10.3. The second-order valence-electron chi connectivity index (χ2n) is 9.64. The van der Waals surface area contributed by atoms with Crippen LogP contribution in [0.15, 0.2) is 12.4 Å². The molecule has 0 aliphatic rings. The monoisotopic (exact) mass is 708 g/mol. The smallest absolute Gasteiger partial charge is 0.271 e. The Kier molecular flexibility index (Phi) is 32.2. The fraction of sp³-hybridized carbons (Fsp3) is 0.806. The van der Waals surface area contributed by atoms with E-state index in [1.807, 2.05) is 0 Å². The van der Waals surface area contributed by atoms with Gasteiger partial charge in [-0.15, -0.1) is 0 Å². The molecule has 49 heavy (non-hydrogen) atoms. The van der Waals surface area contributed by atoms with E-state index in [4.69, 9.17) is 62.6 Å². The molecule has 0 spiro atoms. The molecule has 0 aliphatic carbocycles. The van der Waals surface area contributed by atoms with Gasteiger partial charge in [0, 0.05) is 13.7 Å². The molecule has 18 nitrogen and oxygen atoms in total. The van der Waals surface area contributed by atoms with Crippen molar-refractivity contribution in [2.24, 2.45) is 5.73 Å². The van der Waals surface area contributed by atoms with E-state index in [-0.39, 0.29) is 17.9 Å². The van der Waals surface area contributed by atoms with E-state index in [2.05, 4.69) is 15.3 Å². The van der Waals surface area contributed by atoms with Crippen molar-refractivity contribution in [3.05, 3.63) is 23.8 Å². The highest BCUT2D eigenvalue weighted by molar-refractivity contribution is 5.93. The lowest BCUT2D eigenvalue weighted by Gasteiger charge is -2.09. The standard InChI is InChI=1S/C31H56N4O14/c1-38-4-5-40-8-9-42-12-13-44-16-17-46-20-21-48-24-25-49-23-22-47-19-18-45-15-14-43-11-10-41-7-6-39-3-2-33-31(37)29-27-34-28(26-35-29)30(32)36/h26-27H,2-25H2,1H3,(H2,32,36)(H,33,37). The van der Waals surface area contributed by atoms with Crippen molar-refractivity contribution >= 4 is 11.8 Å². The molecule has 2 amide bonds. The zero-order valence-corrected chi connectivity index (χ0v) is 28.8. The van der Waals surface area contributed by atoms with Crippen LogP contribution in [0.3, 0.4) is 0 Å². The van der Waals surface area contributed by atoms with Gasteiger partial charge in [0.25, 0.3) is 11.8 Å². The van der Waals surface area contributed by atoms with E-state index in [0.29, 0.717) is 152 Å². The van der Waals surface area contributed by atoms with Gasteiger partial charge in [-0.1, -0.05) is 0 Å². The Labute approximate surface area is 288 Å². The average Bonchev–Trinajstić information content (AvgIpc) is 3.11. The fourth-order valence-corrected chi connectivity index (χ4v) is 3.34. The maximum absolute atomic E-state index is 12.0. The summed E-state index contributed by atoms with van der Waals surface area (Å²) < 4.78 is 64.6. The van der Waals surface area contributed by atoms with E-state index in [1.54, 1.807) is 7.11 Å². The van der Waals surface area contributed by atoms with Crippen molar-refractivity contribution in [1.82, 2.24) is 15.3 Å². The maximum Gasteiger partial charge on any atom is 0.271 e. The van der Waals surface area contributed by atoms with Crippen LogP contribution in [0.5, 0.6) is 0 Å². The third-order valence-corrected chi connectivity index (χ3v) is 5.82. The summed E-state index contributed by atoms with van der Waals surface area (Å²) in [5.74, 6) is -1.13. The van der Waals surface area contributed by atoms with Gasteiger partial charge in [0.2, 0.25) is 0 Å². The number of ether oxygens (including phenoxy) is 12. The second kappa shape index (κ2) is 35.4. The van der Waals surface area contributed by atoms with Crippen molar-refractivity contribution in [2.45, 2.75) is 0 Å². The van der Waals surface area contributed by atoms with E-state index < -0.39 is 11.8 Å². The van der Waals surface area contributed by atoms with Gasteiger partial charge in [-0.25, -0.2) is 9.97 Å². The maximum atomic E-state index is 12.0. The molecule has 0 bridgehead atoms. The lowest BCUT2D eigenvalue weighted by molar-refractivity contribution is -0.0279. The van der Waals surface area contributed by atoms with Gasteiger partial charge in [-0.05, 0) is 0 Å². The van der Waals surface area contributed by atoms with E-state index >= 15 is 0 Å². The molecule has 0 unspecified atom stereocenters. The van der Waals surface area contributed by atoms with Crippen molar-refractivity contribution in [2.75, 3.05) is 166 Å². The number of methoxy groups -OCH3 is 1. The van der Waals surface area contributed by atoms with Crippen molar-refractivity contribution in [3.8, 4) is 0 Å². The molecule has 1 rings (SSSR count). The van der Waals surface area contributed by atoms with E-state index in [0.717, 1.165) is 6.20 Å². The number of hydrogen-bond acceptors (Lipinski definition) is 16. The van der Waals surface area contributed by atoms with Crippen LogP contribution in [-0.4, -0.2) is 187 Å². The first-order chi connectivity index (χ1) is 24.1. The highest BCUT2D eigenvalue weighted by Gasteiger charge is 2.09. The number of carbonyl (C=O) groups excluding carboxylic acids is 2. The number of amides is 2. The van der Waals surface area contributed by atoms with Crippen LogP contribution in [0, 0.1) is 0 Å². The normalized spacial score (nSPS) is 11.3. The number of nitrogens with two attached hydrogens (primary N) is 1. The first-order valence-electron chi connectivity index (χ1n) is 16.4. The molecule has 0 radical (unpaired) electrons. The third-order valence-electron chi connectivity index (χ3n) is 5.82. The minimum absolute atomic E-state index is 0.00929. The number of hydrogen-bond donors (Lipinski definition) is 2. The second-order valence-corrected chi connectivity index (χ2v) is 9.64. The summed E-state index contributed by atoms with van der Waals surface area (Å²) in [4.78, 5) is 30.6. The van der Waals surface area contributed by atoms with Gasteiger partial charge < -0.3 is 67.9 Å². The largest absolute Gasteiger partial charge is 0.382 e. The van der Waals surface area contributed by atoms with Crippen molar-refractivity contribution < 1.29 is 66.4 Å². The van der Waals surface area contributed by atoms with Gasteiger partial charge in [0.05, 0.1) is 164 Å². The van der Waals surface area contributed by atoms with Crippen LogP contribution in [0.4, 0.5) is 0 Å². The number of carbonyl (C=O) groups is 2. The summed E-state index contributed by atoms with van der Waals surface area (Å²) >= 11 is 0. The Morgan fingerprint density at radius 1 is 0.469 bits per heavy atom. The Balaban J connectivity index is 1.67. The minimum atomic E-state index is -0.710. The summed E-state index contributed by atoms with van der Waals surface area (Å²) in [5, 5.41) is 2.64. The number of nitrogens with zero attached hydrogens (tertiary/aromatic N) is 2. The Bertz CT molecular complexity index is 888. The van der Waals surface area contributed by atoms with Crippen LogP contribution in [0.2, 0.25) is 0 Å². The minimum Gasteiger partial charge on any atom is -0.382 e. The van der Waals surface area contributed by atoms with Crippen LogP contribution < -0.4 is 11.1 Å². The molecule has 18 heteroatoms. The summed E-state index contributed by atoms with van der Waals surface area (Å²) in [5.41, 5.74) is 5.16. The van der Waals surface area contributed by atoms with Crippen molar-refractivity contribution in [3.63, 3.8) is 0 Å². The zero-order valence-electron chi connectivity index (χ0n) is 28.8. The summed E-state index contributed by atoms with van der Waals surface area (Å²) in [7, 11) is 1.64. The molecular formula is C31H56N4O14. The van der Waals surface area contributed by atoms with Crippen LogP contribution in [-0.2, 0) is 56.8 Å². The van der Waals surface area contributed by atoms with Crippen molar-refractivity contribution in [1.29, 1.82) is 0 Å². The van der Waals surface area contributed by atoms with Gasteiger partial charge in [-0.3, -0.25) is 9.59 Å². The molecule has 1 aromatic heterocycles. The Morgan fingerprint density at radius 3 is 1.00 bits per heavy atom. The molecule has 0 saturated carbocycles. The Hall–Kier alpha value is -2.46.